The second-order valence-corrected chi connectivity index (χ2v) is 6.17. The first-order valence-electron chi connectivity index (χ1n) is 6.96. The van der Waals surface area contributed by atoms with Gasteiger partial charge in [0.05, 0.1) is 0 Å². The summed E-state index contributed by atoms with van der Waals surface area (Å²) in [6, 6.07) is 0.847. The Morgan fingerprint density at radius 1 is 1.13 bits per heavy atom. The van der Waals surface area contributed by atoms with Crippen molar-refractivity contribution in [3.05, 3.63) is 0 Å². The highest BCUT2D eigenvalue weighted by Gasteiger charge is 2.40. The van der Waals surface area contributed by atoms with E-state index >= 15 is 0 Å². The van der Waals surface area contributed by atoms with Gasteiger partial charge in [-0.15, -0.1) is 0 Å². The van der Waals surface area contributed by atoms with Crippen molar-refractivity contribution in [1.29, 1.82) is 0 Å². The summed E-state index contributed by atoms with van der Waals surface area (Å²) in [7, 11) is 0. The molecule has 1 aliphatic heterocycles. The molecule has 0 aromatic rings. The molecule has 0 bridgehead atoms. The highest BCUT2D eigenvalue weighted by molar-refractivity contribution is 4.96. The Morgan fingerprint density at radius 3 is 2.40 bits per heavy atom. The maximum Gasteiger partial charge on any atom is 0.0124 e. The van der Waals surface area contributed by atoms with Crippen molar-refractivity contribution in [2.75, 3.05) is 6.54 Å². The SMILES string of the molecule is CC(C)CC1(C2CCCN2)CCCCC1. The molecule has 2 aliphatic rings. The summed E-state index contributed by atoms with van der Waals surface area (Å²) in [6.45, 7) is 6.06. The lowest BCUT2D eigenvalue weighted by Gasteiger charge is -2.43. The number of nitrogens with one attached hydrogen (secondary N) is 1. The monoisotopic (exact) mass is 209 g/mol. The molecule has 1 atom stereocenters. The van der Waals surface area contributed by atoms with Crippen LogP contribution in [0.5, 0.6) is 0 Å². The molecule has 88 valence electrons. The molecule has 0 spiro atoms. The average Bonchev–Trinajstić information content (AvgIpc) is 2.71. The minimum Gasteiger partial charge on any atom is -0.313 e. The summed E-state index contributed by atoms with van der Waals surface area (Å²) in [6.07, 6.45) is 11.7. The number of hydrogen-bond acceptors (Lipinski definition) is 1. The average molecular weight is 209 g/mol. The van der Waals surface area contributed by atoms with E-state index in [4.69, 9.17) is 0 Å². The van der Waals surface area contributed by atoms with Crippen LogP contribution in [0.2, 0.25) is 0 Å². The smallest absolute Gasteiger partial charge is 0.0124 e. The molecule has 1 saturated heterocycles. The molecule has 2 fully saturated rings. The van der Waals surface area contributed by atoms with Crippen LogP contribution in [0, 0.1) is 11.3 Å². The molecule has 2 rings (SSSR count). The zero-order chi connectivity index (χ0) is 10.7. The Morgan fingerprint density at radius 2 is 1.87 bits per heavy atom. The molecule has 1 unspecified atom stereocenters. The topological polar surface area (TPSA) is 12.0 Å². The van der Waals surface area contributed by atoms with Gasteiger partial charge in [0.15, 0.2) is 0 Å². The van der Waals surface area contributed by atoms with E-state index < -0.39 is 0 Å². The lowest BCUT2D eigenvalue weighted by molar-refractivity contribution is 0.101. The van der Waals surface area contributed by atoms with Crippen molar-refractivity contribution in [3.8, 4) is 0 Å². The van der Waals surface area contributed by atoms with E-state index in [1.807, 2.05) is 0 Å². The Labute approximate surface area is 95.0 Å². The summed E-state index contributed by atoms with van der Waals surface area (Å²) in [5.74, 6) is 0.866. The highest BCUT2D eigenvalue weighted by atomic mass is 15.0. The van der Waals surface area contributed by atoms with Gasteiger partial charge in [-0.05, 0) is 50.0 Å². The number of rotatable bonds is 3. The molecule has 1 saturated carbocycles. The fourth-order valence-corrected chi connectivity index (χ4v) is 3.97. The highest BCUT2D eigenvalue weighted by Crippen LogP contribution is 2.46. The van der Waals surface area contributed by atoms with Gasteiger partial charge >= 0.3 is 0 Å². The first-order valence-corrected chi connectivity index (χ1v) is 6.96. The summed E-state index contributed by atoms with van der Waals surface area (Å²) < 4.78 is 0. The van der Waals surface area contributed by atoms with Crippen molar-refractivity contribution >= 4 is 0 Å². The van der Waals surface area contributed by atoms with Gasteiger partial charge < -0.3 is 5.32 Å². The first-order chi connectivity index (χ1) is 7.23. The van der Waals surface area contributed by atoms with Crippen LogP contribution in [0.3, 0.4) is 0 Å². The summed E-state index contributed by atoms with van der Waals surface area (Å²) >= 11 is 0. The fraction of sp³-hybridized carbons (Fsp3) is 1.00. The standard InChI is InChI=1S/C14H27N/c1-12(2)11-14(8-4-3-5-9-14)13-7-6-10-15-13/h12-13,15H,3-11H2,1-2H3. The van der Waals surface area contributed by atoms with Crippen molar-refractivity contribution in [2.24, 2.45) is 11.3 Å². The van der Waals surface area contributed by atoms with Gasteiger partial charge in [0.2, 0.25) is 0 Å². The maximum absolute atomic E-state index is 3.77. The van der Waals surface area contributed by atoms with Crippen molar-refractivity contribution in [1.82, 2.24) is 5.32 Å². The molecule has 1 N–H and O–H groups in total. The van der Waals surface area contributed by atoms with E-state index in [0.717, 1.165) is 12.0 Å². The molecule has 0 aromatic heterocycles. The van der Waals surface area contributed by atoms with Gasteiger partial charge in [-0.25, -0.2) is 0 Å². The van der Waals surface area contributed by atoms with E-state index in [0.29, 0.717) is 5.41 Å². The molecule has 0 amide bonds. The van der Waals surface area contributed by atoms with Crippen LogP contribution in [-0.2, 0) is 0 Å². The van der Waals surface area contributed by atoms with E-state index in [2.05, 4.69) is 19.2 Å². The van der Waals surface area contributed by atoms with Crippen molar-refractivity contribution in [3.63, 3.8) is 0 Å². The van der Waals surface area contributed by atoms with Gasteiger partial charge in [0, 0.05) is 6.04 Å². The number of hydrogen-bond donors (Lipinski definition) is 1. The molecule has 1 heteroatoms. The molecule has 15 heavy (non-hydrogen) atoms. The molecule has 0 radical (unpaired) electrons. The van der Waals surface area contributed by atoms with E-state index in [1.54, 1.807) is 0 Å². The largest absolute Gasteiger partial charge is 0.313 e. The second kappa shape index (κ2) is 4.86. The van der Waals surface area contributed by atoms with Gasteiger partial charge in [0.1, 0.15) is 0 Å². The van der Waals surface area contributed by atoms with Crippen LogP contribution in [0.1, 0.15) is 65.2 Å². The zero-order valence-corrected chi connectivity index (χ0v) is 10.5. The minimum atomic E-state index is 0.670. The molecule has 1 nitrogen and oxygen atoms in total. The van der Waals surface area contributed by atoms with E-state index in [-0.39, 0.29) is 0 Å². The predicted molar refractivity (Wildman–Crippen MR) is 66.0 cm³/mol. The third-order valence-corrected chi connectivity index (χ3v) is 4.46. The van der Waals surface area contributed by atoms with Gasteiger partial charge in [0.25, 0.3) is 0 Å². The van der Waals surface area contributed by atoms with Crippen LogP contribution >= 0.6 is 0 Å². The molecule has 1 aliphatic carbocycles. The third-order valence-electron chi connectivity index (χ3n) is 4.46. The Hall–Kier alpha value is -0.0400. The fourth-order valence-electron chi connectivity index (χ4n) is 3.97. The zero-order valence-electron chi connectivity index (χ0n) is 10.5. The molecular weight excluding hydrogens is 182 g/mol. The summed E-state index contributed by atoms with van der Waals surface area (Å²) in [5.41, 5.74) is 0.670. The van der Waals surface area contributed by atoms with Gasteiger partial charge in [-0.1, -0.05) is 33.1 Å². The second-order valence-electron chi connectivity index (χ2n) is 6.17. The lowest BCUT2D eigenvalue weighted by atomic mass is 9.64. The summed E-state index contributed by atoms with van der Waals surface area (Å²) in [5, 5.41) is 3.77. The van der Waals surface area contributed by atoms with Crippen molar-refractivity contribution in [2.45, 2.75) is 71.3 Å². The maximum atomic E-state index is 3.77. The Balaban J connectivity index is 2.05. The third kappa shape index (κ3) is 2.55. The summed E-state index contributed by atoms with van der Waals surface area (Å²) in [4.78, 5) is 0. The quantitative estimate of drug-likeness (QED) is 0.746. The molecule has 1 heterocycles. The van der Waals surface area contributed by atoms with Crippen molar-refractivity contribution < 1.29 is 0 Å². The predicted octanol–water partition coefficient (Wildman–Crippen LogP) is 3.74. The van der Waals surface area contributed by atoms with Gasteiger partial charge in [-0.3, -0.25) is 0 Å². The minimum absolute atomic E-state index is 0.670. The van der Waals surface area contributed by atoms with Crippen LogP contribution in [-0.4, -0.2) is 12.6 Å². The van der Waals surface area contributed by atoms with E-state index in [1.165, 1.54) is 57.9 Å². The van der Waals surface area contributed by atoms with Crippen LogP contribution in [0.4, 0.5) is 0 Å². The Kier molecular flexibility index (Phi) is 3.71. The first kappa shape index (κ1) is 11.4. The van der Waals surface area contributed by atoms with Crippen LogP contribution in [0.15, 0.2) is 0 Å². The lowest BCUT2D eigenvalue weighted by Crippen LogP contribution is -2.43. The van der Waals surface area contributed by atoms with E-state index in [9.17, 15) is 0 Å². The molecule has 0 aromatic carbocycles. The van der Waals surface area contributed by atoms with Crippen LogP contribution < -0.4 is 5.32 Å². The normalized spacial score (nSPS) is 31.0. The van der Waals surface area contributed by atoms with Gasteiger partial charge in [-0.2, -0.15) is 0 Å². The molecular formula is C14H27N. The van der Waals surface area contributed by atoms with Crippen LogP contribution in [0.25, 0.3) is 0 Å². The Bertz CT molecular complexity index is 186.